The predicted molar refractivity (Wildman–Crippen MR) is 66.5 cm³/mol. The van der Waals surface area contributed by atoms with Gasteiger partial charge in [-0.05, 0) is 62.7 Å². The zero-order valence-electron chi connectivity index (χ0n) is 10.5. The van der Waals surface area contributed by atoms with E-state index in [9.17, 15) is 0 Å². The van der Waals surface area contributed by atoms with E-state index in [2.05, 4.69) is 26.1 Å². The van der Waals surface area contributed by atoms with Gasteiger partial charge in [0, 0.05) is 0 Å². The number of hydrogen-bond donors (Lipinski definition) is 2. The number of phenolic OH excluding ortho intramolecular Hbond substituents is 1. The molecular weight excluding hydrogens is 186 g/mol. The van der Waals surface area contributed by atoms with Crippen molar-refractivity contribution in [1.82, 2.24) is 5.32 Å². The second-order valence-electron chi connectivity index (χ2n) is 3.66. The lowest BCUT2D eigenvalue weighted by molar-refractivity contribution is 0.474. The standard InChI is InChI=1S/C9H12O.C4H11N/c1-6-4-9(10)5-7(2)8(6)3;1-3-5-4-2/h4-5,10H,1-3H3;5H,3-4H2,1-2H3. The maximum Gasteiger partial charge on any atom is 0.116 e. The molecule has 1 aromatic carbocycles. The smallest absolute Gasteiger partial charge is 0.116 e. The number of aryl methyl sites for hydroxylation is 2. The fourth-order valence-electron chi connectivity index (χ4n) is 1.26. The second-order valence-corrected chi connectivity index (χ2v) is 3.66. The molecule has 0 unspecified atom stereocenters. The SMILES string of the molecule is CCNCC.Cc1cc(O)cc(C)c1C. The molecule has 0 aliphatic carbocycles. The molecule has 0 spiro atoms. The van der Waals surface area contributed by atoms with Gasteiger partial charge in [-0.25, -0.2) is 0 Å². The number of rotatable bonds is 2. The molecule has 0 aromatic heterocycles. The van der Waals surface area contributed by atoms with Crippen molar-refractivity contribution >= 4 is 0 Å². The van der Waals surface area contributed by atoms with Crippen molar-refractivity contribution in [2.75, 3.05) is 13.1 Å². The van der Waals surface area contributed by atoms with E-state index in [1.165, 1.54) is 5.56 Å². The quantitative estimate of drug-likeness (QED) is 0.785. The van der Waals surface area contributed by atoms with Crippen molar-refractivity contribution in [2.45, 2.75) is 34.6 Å². The second kappa shape index (κ2) is 7.30. The summed E-state index contributed by atoms with van der Waals surface area (Å²) in [5, 5.41) is 12.2. The number of benzene rings is 1. The van der Waals surface area contributed by atoms with Crippen LogP contribution in [-0.4, -0.2) is 18.2 Å². The van der Waals surface area contributed by atoms with Crippen LogP contribution in [-0.2, 0) is 0 Å². The molecule has 0 aliphatic heterocycles. The molecule has 2 heteroatoms. The Bertz CT molecular complexity index is 270. The summed E-state index contributed by atoms with van der Waals surface area (Å²) in [6.07, 6.45) is 0. The van der Waals surface area contributed by atoms with E-state index in [-0.39, 0.29) is 0 Å². The van der Waals surface area contributed by atoms with Crippen LogP contribution in [0.4, 0.5) is 0 Å². The Morgan fingerprint density at radius 2 is 1.40 bits per heavy atom. The Labute approximate surface area is 93.3 Å². The summed E-state index contributed by atoms with van der Waals surface area (Å²) in [5.74, 6) is 0.362. The van der Waals surface area contributed by atoms with Crippen molar-refractivity contribution in [3.05, 3.63) is 28.8 Å². The van der Waals surface area contributed by atoms with Gasteiger partial charge in [-0.1, -0.05) is 13.8 Å². The minimum Gasteiger partial charge on any atom is -0.508 e. The fraction of sp³-hybridized carbons (Fsp3) is 0.538. The van der Waals surface area contributed by atoms with Crippen molar-refractivity contribution < 1.29 is 5.11 Å². The van der Waals surface area contributed by atoms with E-state index in [0.29, 0.717) is 5.75 Å². The van der Waals surface area contributed by atoms with Gasteiger partial charge in [-0.3, -0.25) is 0 Å². The maximum atomic E-state index is 9.12. The average Bonchev–Trinajstić information content (AvgIpc) is 2.16. The van der Waals surface area contributed by atoms with Crippen LogP contribution in [0.3, 0.4) is 0 Å². The molecule has 15 heavy (non-hydrogen) atoms. The van der Waals surface area contributed by atoms with Crippen LogP contribution < -0.4 is 5.32 Å². The van der Waals surface area contributed by atoms with Gasteiger partial charge in [-0.15, -0.1) is 0 Å². The first kappa shape index (κ1) is 14.0. The van der Waals surface area contributed by atoms with Crippen LogP contribution >= 0.6 is 0 Å². The van der Waals surface area contributed by atoms with Crippen LogP contribution in [0.25, 0.3) is 0 Å². The molecule has 0 amide bonds. The summed E-state index contributed by atoms with van der Waals surface area (Å²) in [5.41, 5.74) is 3.56. The molecule has 0 radical (unpaired) electrons. The van der Waals surface area contributed by atoms with E-state index >= 15 is 0 Å². The first-order chi connectivity index (χ1) is 7.02. The van der Waals surface area contributed by atoms with Crippen LogP contribution in [0.5, 0.6) is 5.75 Å². The van der Waals surface area contributed by atoms with E-state index in [4.69, 9.17) is 5.11 Å². The minimum atomic E-state index is 0.362. The summed E-state index contributed by atoms with van der Waals surface area (Å²) in [7, 11) is 0. The van der Waals surface area contributed by atoms with Crippen LogP contribution in [0.1, 0.15) is 30.5 Å². The van der Waals surface area contributed by atoms with Gasteiger partial charge >= 0.3 is 0 Å². The molecule has 1 aromatic rings. The van der Waals surface area contributed by atoms with Crippen LogP contribution in [0, 0.1) is 20.8 Å². The molecule has 86 valence electrons. The Morgan fingerprint density at radius 1 is 1.00 bits per heavy atom. The van der Waals surface area contributed by atoms with Crippen molar-refractivity contribution in [2.24, 2.45) is 0 Å². The highest BCUT2D eigenvalue weighted by atomic mass is 16.3. The Kier molecular flexibility index (Phi) is 6.80. The summed E-state index contributed by atoms with van der Waals surface area (Å²) in [6, 6.07) is 3.56. The molecule has 0 bridgehead atoms. The summed E-state index contributed by atoms with van der Waals surface area (Å²) in [4.78, 5) is 0. The van der Waals surface area contributed by atoms with Gasteiger partial charge < -0.3 is 10.4 Å². The summed E-state index contributed by atoms with van der Waals surface area (Å²) < 4.78 is 0. The number of aromatic hydroxyl groups is 1. The normalized spacial score (nSPS) is 9.40. The third-order valence-corrected chi connectivity index (χ3v) is 2.41. The zero-order valence-corrected chi connectivity index (χ0v) is 10.5. The Balaban J connectivity index is 0.000000336. The third kappa shape index (κ3) is 5.43. The average molecular weight is 209 g/mol. The Hall–Kier alpha value is -1.02. The minimum absolute atomic E-state index is 0.362. The van der Waals surface area contributed by atoms with Gasteiger partial charge in [0.1, 0.15) is 5.75 Å². The van der Waals surface area contributed by atoms with Gasteiger partial charge in [0.05, 0.1) is 0 Å². The maximum absolute atomic E-state index is 9.12. The van der Waals surface area contributed by atoms with E-state index in [1.807, 2.05) is 13.8 Å². The largest absolute Gasteiger partial charge is 0.508 e. The van der Waals surface area contributed by atoms with Gasteiger partial charge in [0.15, 0.2) is 0 Å². The lowest BCUT2D eigenvalue weighted by Crippen LogP contribution is -2.09. The highest BCUT2D eigenvalue weighted by Gasteiger charge is 1.97. The zero-order chi connectivity index (χ0) is 11.8. The number of nitrogens with one attached hydrogen (secondary N) is 1. The predicted octanol–water partition coefficient (Wildman–Crippen LogP) is 2.93. The van der Waals surface area contributed by atoms with Gasteiger partial charge in [0.2, 0.25) is 0 Å². The van der Waals surface area contributed by atoms with Gasteiger partial charge in [0.25, 0.3) is 0 Å². The number of phenols is 1. The molecule has 0 heterocycles. The fourth-order valence-corrected chi connectivity index (χ4v) is 1.26. The molecule has 2 N–H and O–H groups in total. The summed E-state index contributed by atoms with van der Waals surface area (Å²) in [6.45, 7) is 12.5. The Morgan fingerprint density at radius 3 is 1.67 bits per heavy atom. The molecule has 0 aliphatic rings. The molecular formula is C13H23NO. The summed E-state index contributed by atoms with van der Waals surface area (Å²) >= 11 is 0. The topological polar surface area (TPSA) is 32.3 Å². The molecule has 0 atom stereocenters. The molecule has 0 fully saturated rings. The molecule has 2 nitrogen and oxygen atoms in total. The molecule has 1 rings (SSSR count). The van der Waals surface area contributed by atoms with Crippen LogP contribution in [0.15, 0.2) is 12.1 Å². The molecule has 0 saturated carbocycles. The first-order valence-electron chi connectivity index (χ1n) is 5.50. The molecule has 0 saturated heterocycles. The highest BCUT2D eigenvalue weighted by Crippen LogP contribution is 2.18. The number of hydrogen-bond acceptors (Lipinski definition) is 2. The lowest BCUT2D eigenvalue weighted by Gasteiger charge is -2.03. The van der Waals surface area contributed by atoms with E-state index < -0.39 is 0 Å². The highest BCUT2D eigenvalue weighted by molar-refractivity contribution is 5.39. The van der Waals surface area contributed by atoms with E-state index in [1.54, 1.807) is 12.1 Å². The lowest BCUT2D eigenvalue weighted by atomic mass is 10.0. The monoisotopic (exact) mass is 209 g/mol. The van der Waals surface area contributed by atoms with E-state index in [0.717, 1.165) is 24.2 Å². The van der Waals surface area contributed by atoms with Crippen LogP contribution in [0.2, 0.25) is 0 Å². The van der Waals surface area contributed by atoms with Crippen molar-refractivity contribution in [1.29, 1.82) is 0 Å². The first-order valence-corrected chi connectivity index (χ1v) is 5.50. The van der Waals surface area contributed by atoms with Gasteiger partial charge in [-0.2, -0.15) is 0 Å². The van der Waals surface area contributed by atoms with Crippen molar-refractivity contribution in [3.63, 3.8) is 0 Å². The van der Waals surface area contributed by atoms with Crippen molar-refractivity contribution in [3.8, 4) is 5.75 Å². The third-order valence-electron chi connectivity index (χ3n) is 2.41.